The smallest absolute Gasteiger partial charge is 0.224 e. The van der Waals surface area contributed by atoms with E-state index in [1.165, 1.54) is 19.3 Å². The summed E-state index contributed by atoms with van der Waals surface area (Å²) in [6.07, 6.45) is 4.21. The topological polar surface area (TPSA) is 49.3 Å². The average molecular weight is 219 g/mol. The molecule has 1 aliphatic rings. The van der Waals surface area contributed by atoms with Gasteiger partial charge in [0.1, 0.15) is 5.75 Å². The predicted octanol–water partition coefficient (Wildman–Crippen LogP) is 2.83. The molecule has 0 heterocycles. The van der Waals surface area contributed by atoms with Gasteiger partial charge in [-0.15, -0.1) is 0 Å². The van der Waals surface area contributed by atoms with E-state index in [1.54, 1.807) is 19.1 Å². The van der Waals surface area contributed by atoms with Crippen molar-refractivity contribution in [2.24, 2.45) is 5.92 Å². The third-order valence-corrected chi connectivity index (χ3v) is 3.28. The summed E-state index contributed by atoms with van der Waals surface area (Å²) in [7, 11) is 0. The molecule has 1 aromatic carbocycles. The minimum absolute atomic E-state index is 0.0541. The van der Waals surface area contributed by atoms with Crippen LogP contribution < -0.4 is 5.32 Å². The number of phenols is 1. The van der Waals surface area contributed by atoms with Crippen molar-refractivity contribution in [3.63, 3.8) is 0 Å². The third-order valence-electron chi connectivity index (χ3n) is 3.28. The number of phenolic OH excluding ortho intramolecular Hbond substituents is 1. The molecule has 0 aromatic heterocycles. The van der Waals surface area contributed by atoms with Crippen molar-refractivity contribution in [3.05, 3.63) is 23.8 Å². The molecule has 0 aliphatic heterocycles. The van der Waals surface area contributed by atoms with E-state index in [1.807, 2.05) is 6.07 Å². The first-order valence-electron chi connectivity index (χ1n) is 5.75. The van der Waals surface area contributed by atoms with E-state index in [0.717, 1.165) is 5.56 Å². The van der Waals surface area contributed by atoms with Crippen LogP contribution in [0.5, 0.6) is 5.75 Å². The largest absolute Gasteiger partial charge is 0.508 e. The van der Waals surface area contributed by atoms with Gasteiger partial charge in [0.15, 0.2) is 0 Å². The lowest BCUT2D eigenvalue weighted by atomic mass is 9.83. The number of anilines is 1. The highest BCUT2D eigenvalue weighted by Crippen LogP contribution is 2.30. The average Bonchev–Trinajstić information content (AvgIpc) is 2.19. The van der Waals surface area contributed by atoms with Crippen LogP contribution in [0, 0.1) is 12.8 Å². The second-order valence-electron chi connectivity index (χ2n) is 4.50. The van der Waals surface area contributed by atoms with Crippen molar-refractivity contribution in [1.29, 1.82) is 0 Å². The molecule has 1 aliphatic carbocycles. The maximum atomic E-state index is 11.7. The van der Waals surface area contributed by atoms with Gasteiger partial charge in [-0.05, 0) is 37.8 Å². The van der Waals surface area contributed by atoms with Crippen molar-refractivity contribution >= 4 is 11.6 Å². The van der Waals surface area contributed by atoms with Gasteiger partial charge in [0.05, 0.1) is 0 Å². The van der Waals surface area contributed by atoms with E-state index < -0.39 is 0 Å². The van der Waals surface area contributed by atoms with Crippen LogP contribution in [0.15, 0.2) is 18.2 Å². The molecule has 0 bridgehead atoms. The summed E-state index contributed by atoms with van der Waals surface area (Å²) >= 11 is 0. The summed E-state index contributed by atoms with van der Waals surface area (Å²) in [6, 6.07) is 5.17. The standard InChI is InChI=1S/C13H17NO2/c1-9-11(6-3-7-12(9)15)14-13(16)8-10-4-2-5-10/h3,6-7,10,15H,2,4-5,8H2,1H3,(H,14,16). The molecule has 16 heavy (non-hydrogen) atoms. The molecule has 3 heteroatoms. The predicted molar refractivity (Wildman–Crippen MR) is 63.4 cm³/mol. The first-order chi connectivity index (χ1) is 7.66. The Bertz CT molecular complexity index is 397. The van der Waals surface area contributed by atoms with Crippen LogP contribution in [-0.4, -0.2) is 11.0 Å². The SMILES string of the molecule is Cc1c(O)cccc1NC(=O)CC1CCC1. The van der Waals surface area contributed by atoms with E-state index in [0.29, 0.717) is 18.0 Å². The number of carbonyl (C=O) groups excluding carboxylic acids is 1. The number of amides is 1. The summed E-state index contributed by atoms with van der Waals surface area (Å²) in [4.78, 5) is 11.7. The first kappa shape index (κ1) is 11.0. The lowest BCUT2D eigenvalue weighted by Gasteiger charge is -2.24. The van der Waals surface area contributed by atoms with E-state index >= 15 is 0 Å². The molecule has 1 saturated carbocycles. The van der Waals surface area contributed by atoms with Crippen LogP contribution in [0.4, 0.5) is 5.69 Å². The van der Waals surface area contributed by atoms with E-state index in [2.05, 4.69) is 5.32 Å². The Morgan fingerprint density at radius 3 is 2.88 bits per heavy atom. The van der Waals surface area contributed by atoms with Gasteiger partial charge in [-0.1, -0.05) is 12.5 Å². The molecule has 2 N–H and O–H groups in total. The Morgan fingerprint density at radius 2 is 2.25 bits per heavy atom. The second kappa shape index (κ2) is 4.56. The fraction of sp³-hybridized carbons (Fsp3) is 0.462. The highest BCUT2D eigenvalue weighted by atomic mass is 16.3. The molecule has 1 fully saturated rings. The molecule has 0 saturated heterocycles. The van der Waals surface area contributed by atoms with Crippen LogP contribution in [0.25, 0.3) is 0 Å². The summed E-state index contributed by atoms with van der Waals surface area (Å²) in [6.45, 7) is 1.80. The Kier molecular flexibility index (Phi) is 3.13. The highest BCUT2D eigenvalue weighted by Gasteiger charge is 2.20. The van der Waals surface area contributed by atoms with Gasteiger partial charge >= 0.3 is 0 Å². The number of carbonyl (C=O) groups is 1. The Balaban J connectivity index is 1.97. The van der Waals surface area contributed by atoms with Gasteiger partial charge in [-0.25, -0.2) is 0 Å². The van der Waals surface area contributed by atoms with E-state index in [-0.39, 0.29) is 11.7 Å². The minimum Gasteiger partial charge on any atom is -0.508 e. The molecule has 1 amide bonds. The Hall–Kier alpha value is -1.51. The second-order valence-corrected chi connectivity index (χ2v) is 4.50. The number of benzene rings is 1. The molecule has 1 aromatic rings. The zero-order valence-corrected chi connectivity index (χ0v) is 9.49. The van der Waals surface area contributed by atoms with Gasteiger partial charge in [-0.3, -0.25) is 4.79 Å². The zero-order chi connectivity index (χ0) is 11.5. The van der Waals surface area contributed by atoms with Crippen LogP contribution >= 0.6 is 0 Å². The quantitative estimate of drug-likeness (QED) is 0.821. The number of aromatic hydroxyl groups is 1. The Morgan fingerprint density at radius 1 is 1.50 bits per heavy atom. The number of hydrogen-bond acceptors (Lipinski definition) is 2. The molecule has 0 unspecified atom stereocenters. The molecule has 2 rings (SSSR count). The van der Waals surface area contributed by atoms with Gasteiger partial charge in [0, 0.05) is 17.7 Å². The van der Waals surface area contributed by atoms with Gasteiger partial charge in [0.25, 0.3) is 0 Å². The van der Waals surface area contributed by atoms with Crippen LogP contribution in [-0.2, 0) is 4.79 Å². The summed E-state index contributed by atoms with van der Waals surface area (Å²) in [5.41, 5.74) is 1.44. The third kappa shape index (κ3) is 2.35. The summed E-state index contributed by atoms with van der Waals surface area (Å²) < 4.78 is 0. The monoisotopic (exact) mass is 219 g/mol. The number of rotatable bonds is 3. The molecule has 0 radical (unpaired) electrons. The maximum absolute atomic E-state index is 11.7. The molecule has 86 valence electrons. The van der Waals surface area contributed by atoms with Crippen molar-refractivity contribution < 1.29 is 9.90 Å². The molecule has 0 atom stereocenters. The van der Waals surface area contributed by atoms with E-state index in [4.69, 9.17) is 0 Å². The van der Waals surface area contributed by atoms with Gasteiger partial charge < -0.3 is 10.4 Å². The highest BCUT2D eigenvalue weighted by molar-refractivity contribution is 5.92. The molecule has 0 spiro atoms. The lowest BCUT2D eigenvalue weighted by Crippen LogP contribution is -2.21. The molecular weight excluding hydrogens is 202 g/mol. The molecular formula is C13H17NO2. The van der Waals surface area contributed by atoms with Crippen LogP contribution in [0.1, 0.15) is 31.2 Å². The Labute approximate surface area is 95.5 Å². The van der Waals surface area contributed by atoms with E-state index in [9.17, 15) is 9.90 Å². The van der Waals surface area contributed by atoms with Crippen LogP contribution in [0.2, 0.25) is 0 Å². The fourth-order valence-electron chi connectivity index (χ4n) is 1.92. The lowest BCUT2D eigenvalue weighted by molar-refractivity contribution is -0.117. The van der Waals surface area contributed by atoms with Crippen molar-refractivity contribution in [2.75, 3.05) is 5.32 Å². The summed E-state index contributed by atoms with van der Waals surface area (Å²) in [5, 5.41) is 12.4. The number of hydrogen-bond donors (Lipinski definition) is 2. The van der Waals surface area contributed by atoms with Gasteiger partial charge in [0.2, 0.25) is 5.91 Å². The van der Waals surface area contributed by atoms with Crippen LogP contribution in [0.3, 0.4) is 0 Å². The van der Waals surface area contributed by atoms with Crippen molar-refractivity contribution in [1.82, 2.24) is 0 Å². The van der Waals surface area contributed by atoms with Crippen molar-refractivity contribution in [2.45, 2.75) is 32.6 Å². The van der Waals surface area contributed by atoms with Gasteiger partial charge in [-0.2, -0.15) is 0 Å². The summed E-state index contributed by atoms with van der Waals surface area (Å²) in [5.74, 6) is 0.845. The normalized spacial score (nSPS) is 15.6. The first-order valence-corrected chi connectivity index (χ1v) is 5.75. The molecule has 3 nitrogen and oxygen atoms in total. The minimum atomic E-state index is 0.0541. The number of nitrogens with one attached hydrogen (secondary N) is 1. The van der Waals surface area contributed by atoms with Crippen molar-refractivity contribution in [3.8, 4) is 5.75 Å². The maximum Gasteiger partial charge on any atom is 0.224 e. The zero-order valence-electron chi connectivity index (χ0n) is 9.49. The fourth-order valence-corrected chi connectivity index (χ4v) is 1.92.